The maximum absolute atomic E-state index is 9.23. The van der Waals surface area contributed by atoms with Crippen LogP contribution in [0.15, 0.2) is 162 Å². The first-order valence-electron chi connectivity index (χ1n) is 21.1. The molecule has 0 aliphatic heterocycles. The van der Waals surface area contributed by atoms with Crippen molar-refractivity contribution in [2.45, 2.75) is 12.8 Å². The van der Waals surface area contributed by atoms with Crippen LogP contribution < -0.4 is 0 Å². The van der Waals surface area contributed by atoms with Crippen molar-refractivity contribution in [1.29, 1.82) is 0 Å². The molecule has 0 radical (unpaired) electrons. The molecule has 1 nitrogen and oxygen atoms in total. The third kappa shape index (κ3) is 4.31. The fourth-order valence-electron chi connectivity index (χ4n) is 6.51. The number of benzene rings is 8. The van der Waals surface area contributed by atoms with E-state index in [1.54, 1.807) is 0 Å². The summed E-state index contributed by atoms with van der Waals surface area (Å²) >= 11 is 0. The van der Waals surface area contributed by atoms with Crippen molar-refractivity contribution in [1.82, 2.24) is 0 Å². The Balaban J connectivity index is 1.34. The monoisotopic (exact) mass is 587 g/mol. The van der Waals surface area contributed by atoms with Crippen LogP contribution in [0.3, 0.4) is 0 Å². The molecule has 1 heteroatoms. The highest BCUT2D eigenvalue weighted by Crippen LogP contribution is 2.39. The summed E-state index contributed by atoms with van der Waals surface area (Å²) in [6.07, 6.45) is -0.551. The molecule has 0 aliphatic rings. The van der Waals surface area contributed by atoms with Gasteiger partial charge in [0.25, 0.3) is 0 Å². The SMILES string of the molecule is [2H]c1c([2H])c([2H])c(Cc2c3c([2H])c([2H])c([2H])c([2H])c3c(Cc3cccc4c3oc3ccc(-c5cccc6ccccc56)cc34)c3c([2H])c([2H])c([2H])c([2H])c23)c([2H])c1[2H]. The minimum Gasteiger partial charge on any atom is -0.456 e. The highest BCUT2D eigenvalue weighted by atomic mass is 16.3. The van der Waals surface area contributed by atoms with Crippen LogP contribution in [0.4, 0.5) is 0 Å². The Bertz CT molecular complexity index is 3160. The summed E-state index contributed by atoms with van der Waals surface area (Å²) in [5, 5.41) is 3.69. The Morgan fingerprint density at radius 1 is 0.489 bits per heavy atom. The van der Waals surface area contributed by atoms with E-state index < -0.39 is 85.0 Å². The fraction of sp³-hybridized carbons (Fsp3) is 0.0455. The van der Waals surface area contributed by atoms with E-state index >= 15 is 0 Å². The first-order chi connectivity index (χ1) is 27.7. The summed E-state index contributed by atoms with van der Waals surface area (Å²) in [7, 11) is 0. The molecule has 1 heterocycles. The van der Waals surface area contributed by atoms with E-state index in [0.29, 0.717) is 16.7 Å². The van der Waals surface area contributed by atoms with Gasteiger partial charge in [-0.1, -0.05) is 145 Å². The zero-order valence-corrected chi connectivity index (χ0v) is 23.8. The molecule has 0 saturated carbocycles. The summed E-state index contributed by atoms with van der Waals surface area (Å²) in [4.78, 5) is 0. The van der Waals surface area contributed by atoms with Crippen molar-refractivity contribution in [3.8, 4) is 11.1 Å². The van der Waals surface area contributed by atoms with Crippen molar-refractivity contribution < 1.29 is 22.2 Å². The van der Waals surface area contributed by atoms with E-state index in [-0.39, 0.29) is 44.7 Å². The number of fused-ring (bicyclic) bond motifs is 6. The zero-order chi connectivity index (χ0) is 41.1. The predicted octanol–water partition coefficient (Wildman–Crippen LogP) is 11.9. The van der Waals surface area contributed by atoms with Gasteiger partial charge < -0.3 is 4.42 Å². The molecule has 0 amide bonds. The minimum absolute atomic E-state index is 0.00254. The Kier molecular flexibility index (Phi) is 3.71. The minimum atomic E-state index is -0.614. The molecule has 9 aromatic rings. The lowest BCUT2D eigenvalue weighted by Crippen LogP contribution is -1.98. The number of furan rings is 1. The number of hydrogen-bond acceptors (Lipinski definition) is 1. The third-order valence-electron chi connectivity index (χ3n) is 8.53. The number of para-hydroxylation sites is 1. The Labute approximate surface area is 280 Å². The second kappa shape index (κ2) is 10.5. The van der Waals surface area contributed by atoms with Gasteiger partial charge in [0.05, 0.1) is 17.8 Å². The second-order valence-electron chi connectivity index (χ2n) is 11.0. The van der Waals surface area contributed by atoms with Gasteiger partial charge in [-0.3, -0.25) is 0 Å². The van der Waals surface area contributed by atoms with E-state index in [2.05, 4.69) is 30.3 Å². The van der Waals surface area contributed by atoms with Crippen LogP contribution in [0, 0.1) is 0 Å². The topological polar surface area (TPSA) is 13.1 Å². The highest BCUT2D eigenvalue weighted by Gasteiger charge is 2.18. The van der Waals surface area contributed by atoms with Gasteiger partial charge in [0.1, 0.15) is 11.2 Å². The molecule has 0 saturated heterocycles. The van der Waals surface area contributed by atoms with E-state index in [0.717, 1.165) is 32.7 Å². The summed E-state index contributed by atoms with van der Waals surface area (Å²) in [6.45, 7) is 0. The van der Waals surface area contributed by atoms with Gasteiger partial charge in [0, 0.05) is 17.2 Å². The molecule has 1 aromatic heterocycles. The van der Waals surface area contributed by atoms with Crippen LogP contribution in [0.2, 0.25) is 0 Å². The number of rotatable bonds is 5. The molecule has 0 unspecified atom stereocenters. The van der Waals surface area contributed by atoms with Crippen LogP contribution in [0.1, 0.15) is 40.1 Å². The van der Waals surface area contributed by atoms with Crippen molar-refractivity contribution in [3.63, 3.8) is 0 Å². The molecule has 212 valence electrons. The third-order valence-corrected chi connectivity index (χ3v) is 8.53. The van der Waals surface area contributed by atoms with Gasteiger partial charge in [-0.05, 0) is 84.3 Å². The van der Waals surface area contributed by atoms with E-state index in [1.165, 1.54) is 0 Å². The van der Waals surface area contributed by atoms with E-state index in [4.69, 9.17) is 16.8 Å². The van der Waals surface area contributed by atoms with E-state index in [1.807, 2.05) is 48.5 Å². The Morgan fingerprint density at radius 2 is 1.11 bits per heavy atom. The first kappa shape index (κ1) is 15.9. The van der Waals surface area contributed by atoms with Crippen LogP contribution in [-0.2, 0) is 12.8 Å². The van der Waals surface area contributed by atoms with Gasteiger partial charge in [-0.25, -0.2) is 0 Å². The van der Waals surface area contributed by atoms with Gasteiger partial charge in [0.2, 0.25) is 0 Å². The first-order valence-corrected chi connectivity index (χ1v) is 14.6. The molecule has 0 atom stereocenters. The molecular weight excluding hydrogens is 544 g/mol. The fourth-order valence-corrected chi connectivity index (χ4v) is 6.51. The summed E-state index contributed by atoms with van der Waals surface area (Å²) in [5.74, 6) is 0. The van der Waals surface area contributed by atoms with Crippen molar-refractivity contribution in [2.24, 2.45) is 0 Å². The highest BCUT2D eigenvalue weighted by molar-refractivity contribution is 6.10. The Morgan fingerprint density at radius 3 is 1.87 bits per heavy atom. The molecule has 45 heavy (non-hydrogen) atoms. The molecule has 8 aromatic carbocycles. The maximum Gasteiger partial charge on any atom is 0.138 e. The van der Waals surface area contributed by atoms with Gasteiger partial charge >= 0.3 is 0 Å². The lowest BCUT2D eigenvalue weighted by atomic mass is 9.86. The van der Waals surface area contributed by atoms with Gasteiger partial charge in [-0.2, -0.15) is 0 Å². The number of hydrogen-bond donors (Lipinski definition) is 0. The van der Waals surface area contributed by atoms with Crippen LogP contribution in [0.25, 0.3) is 65.4 Å². The lowest BCUT2D eigenvalue weighted by Gasteiger charge is -2.17. The molecule has 0 spiro atoms. The summed E-state index contributed by atoms with van der Waals surface area (Å²) in [5.41, 5.74) is 3.76. The lowest BCUT2D eigenvalue weighted by molar-refractivity contribution is 0.664. The van der Waals surface area contributed by atoms with Crippen LogP contribution in [0.5, 0.6) is 0 Å². The Hall–Kier alpha value is -5.66. The van der Waals surface area contributed by atoms with Crippen molar-refractivity contribution >= 4 is 54.3 Å². The molecule has 9 rings (SSSR count). The van der Waals surface area contributed by atoms with Crippen LogP contribution in [-0.4, -0.2) is 0 Å². The standard InChI is InChI=1S/C44H30O/c1-2-12-29(13-3-1)26-40-35-18-6-8-20-37(35)41(38-21-9-7-19-36(38)40)28-32-16-11-23-39-42-27-31(24-25-43(42)45-44(32)39)34-22-10-15-30-14-4-5-17-33(30)34/h1-25,27H,26,28H2/i1D,2D,3D,6D,7D,8D,9D,12D,13D,18D,19D,20D,21D. The van der Waals surface area contributed by atoms with Crippen LogP contribution >= 0.6 is 0 Å². The molecule has 0 bridgehead atoms. The van der Waals surface area contributed by atoms with Crippen molar-refractivity contribution in [3.05, 3.63) is 180 Å². The van der Waals surface area contributed by atoms with E-state index in [9.17, 15) is 5.48 Å². The normalized spacial score (nSPS) is 15.8. The largest absolute Gasteiger partial charge is 0.456 e. The average molecular weight is 588 g/mol. The van der Waals surface area contributed by atoms with Gasteiger partial charge in [-0.15, -0.1) is 0 Å². The zero-order valence-electron chi connectivity index (χ0n) is 36.8. The summed E-state index contributed by atoms with van der Waals surface area (Å²) in [6, 6.07) is 18.8. The maximum atomic E-state index is 9.23. The summed E-state index contributed by atoms with van der Waals surface area (Å²) < 4.78 is 120. The predicted molar refractivity (Wildman–Crippen MR) is 190 cm³/mol. The average Bonchev–Trinajstić information content (AvgIpc) is 3.62. The second-order valence-corrected chi connectivity index (χ2v) is 11.0. The molecular formula is C44H30O. The van der Waals surface area contributed by atoms with Crippen molar-refractivity contribution in [2.75, 3.05) is 0 Å². The smallest absolute Gasteiger partial charge is 0.138 e. The van der Waals surface area contributed by atoms with Gasteiger partial charge in [0.15, 0.2) is 0 Å². The molecule has 0 N–H and O–H groups in total. The molecule has 0 fully saturated rings. The molecule has 0 aliphatic carbocycles. The quantitative estimate of drug-likeness (QED) is 0.183.